The van der Waals surface area contributed by atoms with Gasteiger partial charge in [-0.15, -0.1) is 0 Å². The molecule has 1 fully saturated rings. The summed E-state index contributed by atoms with van der Waals surface area (Å²) in [6.07, 6.45) is -1.52. The van der Waals surface area contributed by atoms with Crippen molar-refractivity contribution in [3.63, 3.8) is 0 Å². The molecule has 0 bridgehead atoms. The van der Waals surface area contributed by atoms with Crippen LogP contribution in [0.2, 0.25) is 0 Å². The highest BCUT2D eigenvalue weighted by molar-refractivity contribution is 6.00. The second-order valence-corrected chi connectivity index (χ2v) is 6.24. The smallest absolute Gasteiger partial charge is 0.414 e. The van der Waals surface area contributed by atoms with Crippen molar-refractivity contribution >= 4 is 18.0 Å². The summed E-state index contributed by atoms with van der Waals surface area (Å²) in [5, 5.41) is 10.9. The van der Waals surface area contributed by atoms with Crippen LogP contribution in [-0.4, -0.2) is 35.2 Å². The predicted molar refractivity (Wildman–Crippen MR) is 94.3 cm³/mol. The van der Waals surface area contributed by atoms with Gasteiger partial charge in [-0.05, 0) is 29.3 Å². The number of imide groups is 1. The van der Waals surface area contributed by atoms with Crippen LogP contribution < -0.4 is 15.8 Å². The number of aliphatic carboxylic acids is 1. The van der Waals surface area contributed by atoms with E-state index >= 15 is 0 Å². The molecule has 0 spiro atoms. The van der Waals surface area contributed by atoms with E-state index in [1.54, 1.807) is 24.3 Å². The number of carbonyl (C=O) groups is 3. The largest absolute Gasteiger partial charge is 0.480 e. The molecular weight excluding hydrogens is 371 g/mol. The van der Waals surface area contributed by atoms with Crippen LogP contribution in [-0.2, 0) is 27.2 Å². The topological polar surface area (TPSA) is 128 Å². The third-order valence-electron chi connectivity index (χ3n) is 4.13. The fourth-order valence-electron chi connectivity index (χ4n) is 2.65. The molecule has 2 unspecified atom stereocenters. The molecule has 2 atom stereocenters. The molecule has 0 aromatic heterocycles. The van der Waals surface area contributed by atoms with E-state index in [0.717, 1.165) is 11.6 Å². The van der Waals surface area contributed by atoms with E-state index in [-0.39, 0.29) is 24.2 Å². The van der Waals surface area contributed by atoms with Crippen molar-refractivity contribution in [2.45, 2.75) is 25.0 Å². The number of halogens is 1. The van der Waals surface area contributed by atoms with E-state index in [1.165, 1.54) is 12.1 Å². The first-order valence-electron chi connectivity index (χ1n) is 8.37. The molecule has 1 heterocycles. The fourth-order valence-corrected chi connectivity index (χ4v) is 2.65. The number of carboxylic acid groups (broad SMARTS) is 1. The Morgan fingerprint density at radius 1 is 1.21 bits per heavy atom. The van der Waals surface area contributed by atoms with Crippen molar-refractivity contribution in [2.24, 2.45) is 5.73 Å². The zero-order valence-electron chi connectivity index (χ0n) is 14.6. The second kappa shape index (κ2) is 8.05. The van der Waals surface area contributed by atoms with Crippen molar-refractivity contribution in [3.05, 3.63) is 59.4 Å². The maximum atomic E-state index is 14.1. The van der Waals surface area contributed by atoms with Crippen LogP contribution in [0.5, 0.6) is 11.5 Å². The Hall–Kier alpha value is -3.46. The van der Waals surface area contributed by atoms with Gasteiger partial charge >= 0.3 is 12.1 Å². The number of cyclic esters (lactones) is 1. The number of hydrogen-bond donors (Lipinski definition) is 3. The summed E-state index contributed by atoms with van der Waals surface area (Å²) in [7, 11) is 0. The number of amides is 2. The molecule has 1 saturated heterocycles. The van der Waals surface area contributed by atoms with Crippen LogP contribution in [0.4, 0.5) is 9.18 Å². The SMILES string of the molecule is NC(Cc1ccc(Oc2ccc(CC3OC(=O)NC3=O)cc2)cc1F)C(=O)O. The Morgan fingerprint density at radius 2 is 1.89 bits per heavy atom. The standard InChI is InChI=1S/C19H17FN2O6/c20-14-9-13(6-3-11(14)8-15(21)18(24)25)27-12-4-1-10(2-5-12)7-16-17(23)22-19(26)28-16/h1-6,9,15-16H,7-8,21H2,(H,24,25)(H,22,23,26). The van der Waals surface area contributed by atoms with E-state index in [4.69, 9.17) is 20.3 Å². The van der Waals surface area contributed by atoms with E-state index < -0.39 is 35.9 Å². The third kappa shape index (κ3) is 4.63. The molecule has 28 heavy (non-hydrogen) atoms. The fraction of sp³-hybridized carbons (Fsp3) is 0.211. The van der Waals surface area contributed by atoms with Crippen molar-refractivity contribution in [1.29, 1.82) is 0 Å². The zero-order valence-corrected chi connectivity index (χ0v) is 14.6. The predicted octanol–water partition coefficient (Wildman–Crippen LogP) is 1.75. The van der Waals surface area contributed by atoms with Gasteiger partial charge in [0, 0.05) is 18.9 Å². The van der Waals surface area contributed by atoms with Gasteiger partial charge in [0.1, 0.15) is 23.4 Å². The highest BCUT2D eigenvalue weighted by atomic mass is 19.1. The van der Waals surface area contributed by atoms with E-state index in [2.05, 4.69) is 5.32 Å². The third-order valence-corrected chi connectivity index (χ3v) is 4.13. The molecule has 3 rings (SSSR count). The lowest BCUT2D eigenvalue weighted by Crippen LogP contribution is -2.32. The van der Waals surface area contributed by atoms with Gasteiger partial charge in [0.15, 0.2) is 6.10 Å². The maximum absolute atomic E-state index is 14.1. The van der Waals surface area contributed by atoms with Gasteiger partial charge in [-0.3, -0.25) is 14.9 Å². The lowest BCUT2D eigenvalue weighted by molar-refractivity contribution is -0.138. The van der Waals surface area contributed by atoms with Gasteiger partial charge in [0.2, 0.25) is 0 Å². The first kappa shape index (κ1) is 19.3. The van der Waals surface area contributed by atoms with Gasteiger partial charge in [0.25, 0.3) is 5.91 Å². The summed E-state index contributed by atoms with van der Waals surface area (Å²) in [6, 6.07) is 9.58. The number of ether oxygens (including phenoxy) is 2. The molecule has 2 amide bonds. The molecule has 1 aliphatic rings. The number of rotatable bonds is 7. The molecule has 2 aromatic carbocycles. The average molecular weight is 388 g/mol. The number of carboxylic acids is 1. The summed E-state index contributed by atoms with van der Waals surface area (Å²) >= 11 is 0. The van der Waals surface area contributed by atoms with Crippen LogP contribution in [0.3, 0.4) is 0 Å². The molecule has 0 saturated carbocycles. The number of nitrogens with one attached hydrogen (secondary N) is 1. The molecule has 146 valence electrons. The first-order valence-corrected chi connectivity index (χ1v) is 8.37. The first-order chi connectivity index (χ1) is 13.3. The summed E-state index contributed by atoms with van der Waals surface area (Å²) < 4.78 is 24.6. The normalized spacial score (nSPS) is 17.0. The van der Waals surface area contributed by atoms with E-state index in [1.807, 2.05) is 0 Å². The van der Waals surface area contributed by atoms with Crippen molar-refractivity contribution in [2.75, 3.05) is 0 Å². The minimum absolute atomic E-state index is 0.130. The molecule has 4 N–H and O–H groups in total. The molecular formula is C19H17FN2O6. The Bertz CT molecular complexity index is 915. The average Bonchev–Trinajstić information content (AvgIpc) is 2.96. The zero-order chi connectivity index (χ0) is 20.3. The molecule has 0 radical (unpaired) electrons. The van der Waals surface area contributed by atoms with Crippen LogP contribution in [0, 0.1) is 5.82 Å². The number of carbonyl (C=O) groups excluding carboxylic acids is 2. The van der Waals surface area contributed by atoms with Crippen molar-refractivity contribution in [3.8, 4) is 11.5 Å². The van der Waals surface area contributed by atoms with Gasteiger partial charge in [0.05, 0.1) is 0 Å². The molecule has 9 heteroatoms. The molecule has 1 aliphatic heterocycles. The van der Waals surface area contributed by atoms with Crippen LogP contribution in [0.1, 0.15) is 11.1 Å². The van der Waals surface area contributed by atoms with Crippen molar-refractivity contribution < 1.29 is 33.4 Å². The Balaban J connectivity index is 1.62. The minimum atomic E-state index is -1.20. The minimum Gasteiger partial charge on any atom is -0.480 e. The van der Waals surface area contributed by atoms with Crippen LogP contribution >= 0.6 is 0 Å². The number of benzene rings is 2. The molecule has 2 aromatic rings. The monoisotopic (exact) mass is 388 g/mol. The van der Waals surface area contributed by atoms with Crippen LogP contribution in [0.25, 0.3) is 0 Å². The summed E-state index contributed by atoms with van der Waals surface area (Å²) in [5.74, 6) is -1.62. The van der Waals surface area contributed by atoms with Crippen LogP contribution in [0.15, 0.2) is 42.5 Å². The van der Waals surface area contributed by atoms with Gasteiger partial charge in [-0.1, -0.05) is 18.2 Å². The Labute approximate surface area is 159 Å². The quantitative estimate of drug-likeness (QED) is 0.659. The molecule has 8 nitrogen and oxygen atoms in total. The number of hydrogen-bond acceptors (Lipinski definition) is 6. The van der Waals surface area contributed by atoms with Gasteiger partial charge in [-0.2, -0.15) is 0 Å². The summed E-state index contributed by atoms with van der Waals surface area (Å²) in [4.78, 5) is 33.3. The lowest BCUT2D eigenvalue weighted by atomic mass is 10.1. The highest BCUT2D eigenvalue weighted by Gasteiger charge is 2.32. The van der Waals surface area contributed by atoms with Gasteiger partial charge in [-0.25, -0.2) is 9.18 Å². The summed E-state index contributed by atoms with van der Waals surface area (Å²) in [5.41, 5.74) is 6.36. The highest BCUT2D eigenvalue weighted by Crippen LogP contribution is 2.25. The summed E-state index contributed by atoms with van der Waals surface area (Å²) in [6.45, 7) is 0. The van der Waals surface area contributed by atoms with Crippen molar-refractivity contribution in [1.82, 2.24) is 5.32 Å². The number of alkyl carbamates (subject to hydrolysis) is 1. The lowest BCUT2D eigenvalue weighted by Gasteiger charge is -2.11. The Morgan fingerprint density at radius 3 is 2.46 bits per heavy atom. The maximum Gasteiger partial charge on any atom is 0.414 e. The van der Waals surface area contributed by atoms with Gasteiger partial charge < -0.3 is 20.3 Å². The van der Waals surface area contributed by atoms with E-state index in [0.29, 0.717) is 5.75 Å². The molecule has 0 aliphatic carbocycles. The number of nitrogens with two attached hydrogens (primary N) is 1. The Kier molecular flexibility index (Phi) is 5.55. The second-order valence-electron chi connectivity index (χ2n) is 6.24. The van der Waals surface area contributed by atoms with E-state index in [9.17, 15) is 18.8 Å².